The summed E-state index contributed by atoms with van der Waals surface area (Å²) in [5.74, 6) is 1.16. The van der Waals surface area contributed by atoms with E-state index in [0.717, 1.165) is 6.42 Å². The van der Waals surface area contributed by atoms with Gasteiger partial charge >= 0.3 is 0 Å². The van der Waals surface area contributed by atoms with Crippen LogP contribution < -0.4 is 15.4 Å². The molecule has 0 radical (unpaired) electrons. The van der Waals surface area contributed by atoms with Crippen LogP contribution in [0.2, 0.25) is 0 Å². The molecular formula is C12H19N3O2. The molecule has 0 bridgehead atoms. The average molecular weight is 237 g/mol. The van der Waals surface area contributed by atoms with Gasteiger partial charge < -0.3 is 15.4 Å². The van der Waals surface area contributed by atoms with Gasteiger partial charge in [-0.05, 0) is 25.5 Å². The predicted octanol–water partition coefficient (Wildman–Crippen LogP) is 1.42. The summed E-state index contributed by atoms with van der Waals surface area (Å²) in [6.07, 6.45) is 2.58. The molecule has 1 amide bonds. The Morgan fingerprint density at radius 3 is 3.00 bits per heavy atom. The third-order valence-electron chi connectivity index (χ3n) is 2.29. The van der Waals surface area contributed by atoms with Crippen molar-refractivity contribution < 1.29 is 9.53 Å². The lowest BCUT2D eigenvalue weighted by Crippen LogP contribution is -2.38. The lowest BCUT2D eigenvalue weighted by molar-refractivity contribution is -0.121. The highest BCUT2D eigenvalue weighted by molar-refractivity contribution is 5.84. The molecule has 1 heterocycles. The minimum absolute atomic E-state index is 0.0421. The zero-order chi connectivity index (χ0) is 12.7. The number of anilines is 1. The van der Waals surface area contributed by atoms with Gasteiger partial charge in [0.05, 0.1) is 7.11 Å². The number of pyridine rings is 1. The Balaban J connectivity index is 2.60. The number of nitrogens with one attached hydrogen (secondary N) is 2. The van der Waals surface area contributed by atoms with Crippen molar-refractivity contribution in [3.63, 3.8) is 0 Å². The van der Waals surface area contributed by atoms with Crippen LogP contribution in [-0.2, 0) is 4.79 Å². The van der Waals surface area contributed by atoms with E-state index in [2.05, 4.69) is 15.6 Å². The average Bonchev–Trinajstić information content (AvgIpc) is 2.36. The van der Waals surface area contributed by atoms with Gasteiger partial charge in [0.2, 0.25) is 5.91 Å². The zero-order valence-corrected chi connectivity index (χ0v) is 10.5. The SMILES string of the molecule is CCCNC(=O)C(C)Nc1ncccc1OC. The summed E-state index contributed by atoms with van der Waals surface area (Å²) in [6, 6.07) is 3.24. The first-order chi connectivity index (χ1) is 8.19. The smallest absolute Gasteiger partial charge is 0.242 e. The molecule has 5 heteroatoms. The Labute approximate surface area is 102 Å². The first-order valence-corrected chi connectivity index (χ1v) is 5.72. The van der Waals surface area contributed by atoms with Gasteiger partial charge in [-0.25, -0.2) is 4.98 Å². The second-order valence-electron chi connectivity index (χ2n) is 3.71. The predicted molar refractivity (Wildman–Crippen MR) is 67.2 cm³/mol. The van der Waals surface area contributed by atoms with Crippen LogP contribution in [0.15, 0.2) is 18.3 Å². The van der Waals surface area contributed by atoms with Gasteiger partial charge in [0.25, 0.3) is 0 Å². The quantitative estimate of drug-likeness (QED) is 0.785. The van der Waals surface area contributed by atoms with Gasteiger partial charge in [-0.1, -0.05) is 6.92 Å². The Hall–Kier alpha value is -1.78. The molecule has 17 heavy (non-hydrogen) atoms. The van der Waals surface area contributed by atoms with Gasteiger partial charge in [-0.15, -0.1) is 0 Å². The molecule has 1 rings (SSSR count). The molecule has 2 N–H and O–H groups in total. The second kappa shape index (κ2) is 6.73. The highest BCUT2D eigenvalue weighted by Gasteiger charge is 2.14. The number of nitrogens with zero attached hydrogens (tertiary/aromatic N) is 1. The van der Waals surface area contributed by atoms with E-state index in [0.29, 0.717) is 18.1 Å². The first kappa shape index (κ1) is 13.3. The van der Waals surface area contributed by atoms with Crippen molar-refractivity contribution in [1.82, 2.24) is 10.3 Å². The van der Waals surface area contributed by atoms with Crippen molar-refractivity contribution in [2.45, 2.75) is 26.3 Å². The number of ether oxygens (including phenoxy) is 1. The molecule has 1 aromatic rings. The fourth-order valence-electron chi connectivity index (χ4n) is 1.34. The lowest BCUT2D eigenvalue weighted by Gasteiger charge is -2.15. The molecule has 1 aromatic heterocycles. The maximum atomic E-state index is 11.7. The van der Waals surface area contributed by atoms with E-state index in [1.165, 1.54) is 0 Å². The highest BCUT2D eigenvalue weighted by Crippen LogP contribution is 2.20. The molecule has 0 aliphatic heterocycles. The van der Waals surface area contributed by atoms with Crippen LogP contribution in [0.25, 0.3) is 0 Å². The van der Waals surface area contributed by atoms with Crippen molar-refractivity contribution in [3.05, 3.63) is 18.3 Å². The largest absolute Gasteiger partial charge is 0.493 e. The van der Waals surface area contributed by atoms with Gasteiger partial charge in [0, 0.05) is 12.7 Å². The molecule has 1 unspecified atom stereocenters. The number of amides is 1. The number of aromatic nitrogens is 1. The van der Waals surface area contributed by atoms with E-state index >= 15 is 0 Å². The fraction of sp³-hybridized carbons (Fsp3) is 0.500. The molecule has 0 fully saturated rings. The number of hydrogen-bond acceptors (Lipinski definition) is 4. The molecule has 0 saturated heterocycles. The van der Waals surface area contributed by atoms with Crippen molar-refractivity contribution in [2.75, 3.05) is 19.0 Å². The van der Waals surface area contributed by atoms with Crippen LogP contribution >= 0.6 is 0 Å². The van der Waals surface area contributed by atoms with Crippen LogP contribution in [0.3, 0.4) is 0 Å². The standard InChI is InChI=1S/C12H19N3O2/c1-4-7-14-12(16)9(2)15-11-10(17-3)6-5-8-13-11/h5-6,8-9H,4,7H2,1-3H3,(H,13,15)(H,14,16). The number of rotatable bonds is 6. The van der Waals surface area contributed by atoms with Gasteiger partial charge in [-0.3, -0.25) is 4.79 Å². The van der Waals surface area contributed by atoms with E-state index in [4.69, 9.17) is 4.74 Å². The Bertz CT molecular complexity index is 369. The van der Waals surface area contributed by atoms with E-state index in [9.17, 15) is 4.79 Å². The monoisotopic (exact) mass is 237 g/mol. The lowest BCUT2D eigenvalue weighted by atomic mass is 10.3. The van der Waals surface area contributed by atoms with E-state index in [1.54, 1.807) is 32.4 Å². The highest BCUT2D eigenvalue weighted by atomic mass is 16.5. The molecule has 5 nitrogen and oxygen atoms in total. The van der Waals surface area contributed by atoms with Crippen molar-refractivity contribution >= 4 is 11.7 Å². The summed E-state index contributed by atoms with van der Waals surface area (Å²) < 4.78 is 5.15. The van der Waals surface area contributed by atoms with Crippen LogP contribution in [0.1, 0.15) is 20.3 Å². The van der Waals surface area contributed by atoms with Gasteiger partial charge in [0.15, 0.2) is 11.6 Å². The van der Waals surface area contributed by atoms with E-state index in [-0.39, 0.29) is 11.9 Å². The number of carbonyl (C=O) groups is 1. The third-order valence-corrected chi connectivity index (χ3v) is 2.29. The minimum atomic E-state index is -0.342. The summed E-state index contributed by atoms with van der Waals surface area (Å²) >= 11 is 0. The fourth-order valence-corrected chi connectivity index (χ4v) is 1.34. The normalized spacial score (nSPS) is 11.7. The first-order valence-electron chi connectivity index (χ1n) is 5.72. The molecule has 0 saturated carbocycles. The number of methoxy groups -OCH3 is 1. The van der Waals surface area contributed by atoms with Crippen LogP contribution in [0, 0.1) is 0 Å². The topological polar surface area (TPSA) is 63.2 Å². The molecule has 0 spiro atoms. The Kier molecular flexibility index (Phi) is 5.26. The van der Waals surface area contributed by atoms with E-state index in [1.807, 2.05) is 6.92 Å². The Morgan fingerprint density at radius 2 is 2.35 bits per heavy atom. The number of hydrogen-bond donors (Lipinski definition) is 2. The van der Waals surface area contributed by atoms with Crippen molar-refractivity contribution in [3.8, 4) is 5.75 Å². The summed E-state index contributed by atoms with van der Waals surface area (Å²) in [4.78, 5) is 15.8. The van der Waals surface area contributed by atoms with Crippen molar-refractivity contribution in [2.24, 2.45) is 0 Å². The maximum absolute atomic E-state index is 11.7. The molecule has 0 aliphatic carbocycles. The van der Waals surface area contributed by atoms with Crippen molar-refractivity contribution in [1.29, 1.82) is 0 Å². The maximum Gasteiger partial charge on any atom is 0.242 e. The molecule has 1 atom stereocenters. The summed E-state index contributed by atoms with van der Waals surface area (Å²) in [7, 11) is 1.57. The summed E-state index contributed by atoms with van der Waals surface area (Å²) in [5, 5.41) is 5.84. The molecule has 0 aliphatic rings. The van der Waals surface area contributed by atoms with Gasteiger partial charge in [-0.2, -0.15) is 0 Å². The summed E-state index contributed by atoms with van der Waals surface area (Å²) in [5.41, 5.74) is 0. The van der Waals surface area contributed by atoms with Crippen LogP contribution in [-0.4, -0.2) is 30.6 Å². The Morgan fingerprint density at radius 1 is 1.59 bits per heavy atom. The summed E-state index contributed by atoms with van der Waals surface area (Å²) in [6.45, 7) is 4.49. The van der Waals surface area contributed by atoms with Crippen LogP contribution in [0.4, 0.5) is 5.82 Å². The molecular weight excluding hydrogens is 218 g/mol. The number of carbonyl (C=O) groups excluding carboxylic acids is 1. The van der Waals surface area contributed by atoms with Gasteiger partial charge in [0.1, 0.15) is 6.04 Å². The minimum Gasteiger partial charge on any atom is -0.493 e. The third kappa shape index (κ3) is 3.94. The van der Waals surface area contributed by atoms with Crippen LogP contribution in [0.5, 0.6) is 5.75 Å². The zero-order valence-electron chi connectivity index (χ0n) is 10.5. The van der Waals surface area contributed by atoms with E-state index < -0.39 is 0 Å². The molecule has 0 aromatic carbocycles. The molecule has 94 valence electrons. The second-order valence-corrected chi connectivity index (χ2v) is 3.71.